The van der Waals surface area contributed by atoms with Gasteiger partial charge in [-0.2, -0.15) is 11.3 Å². The number of aromatic hydroxyl groups is 1. The molecule has 0 saturated heterocycles. The van der Waals surface area contributed by atoms with Crippen LogP contribution in [0.3, 0.4) is 0 Å². The molecule has 4 N–H and O–H groups in total. The summed E-state index contributed by atoms with van der Waals surface area (Å²) in [5.74, 6) is -0.817. The number of nitrogens with zero attached hydrogens (tertiary/aromatic N) is 1. The Kier molecular flexibility index (Phi) is 3.63. The summed E-state index contributed by atoms with van der Waals surface area (Å²) in [5, 5.41) is 25.5. The average molecular weight is 268 g/mol. The molecule has 0 spiro atoms. The van der Waals surface area contributed by atoms with Crippen LogP contribution >= 0.6 is 11.3 Å². The number of rotatable bonds is 5. The molecule has 7 heteroatoms. The first-order valence-electron chi connectivity index (χ1n) is 5.28. The van der Waals surface area contributed by atoms with Crippen LogP contribution < -0.4 is 5.73 Å². The summed E-state index contributed by atoms with van der Waals surface area (Å²) in [5.41, 5.74) is 6.72. The number of nitrogens with two attached hydrogens (primary N) is 1. The third-order valence-electron chi connectivity index (χ3n) is 2.57. The Morgan fingerprint density at radius 1 is 1.61 bits per heavy atom. The first-order chi connectivity index (χ1) is 8.59. The van der Waals surface area contributed by atoms with Gasteiger partial charge in [-0.1, -0.05) is 0 Å². The SMILES string of the molecule is N[C@@H](CCc1c(O)noc1-c1ccsc1)C(=O)O. The van der Waals surface area contributed by atoms with Crippen LogP contribution in [0, 0.1) is 0 Å². The number of thiophene rings is 1. The molecule has 0 aromatic carbocycles. The summed E-state index contributed by atoms with van der Waals surface area (Å²) in [7, 11) is 0. The van der Waals surface area contributed by atoms with Gasteiger partial charge in [-0.3, -0.25) is 4.79 Å². The third kappa shape index (κ3) is 2.52. The summed E-state index contributed by atoms with van der Waals surface area (Å²) in [6, 6.07) is 0.875. The number of carboxylic acid groups (broad SMARTS) is 1. The molecule has 2 rings (SSSR count). The van der Waals surface area contributed by atoms with Gasteiger partial charge in [0, 0.05) is 10.9 Å². The van der Waals surface area contributed by atoms with Crippen molar-refractivity contribution < 1.29 is 19.5 Å². The van der Waals surface area contributed by atoms with Gasteiger partial charge in [0.2, 0.25) is 0 Å². The summed E-state index contributed by atoms with van der Waals surface area (Å²) in [6.07, 6.45) is 0.509. The topological polar surface area (TPSA) is 110 Å². The highest BCUT2D eigenvalue weighted by molar-refractivity contribution is 7.08. The molecular weight excluding hydrogens is 256 g/mol. The average Bonchev–Trinajstić information content (AvgIpc) is 2.95. The van der Waals surface area contributed by atoms with Crippen LogP contribution in [0.25, 0.3) is 11.3 Å². The Bertz CT molecular complexity index is 535. The van der Waals surface area contributed by atoms with Crippen molar-refractivity contribution >= 4 is 17.3 Å². The molecule has 0 aliphatic rings. The summed E-state index contributed by atoms with van der Waals surface area (Å²) in [4.78, 5) is 10.6. The van der Waals surface area contributed by atoms with Gasteiger partial charge in [-0.25, -0.2) is 0 Å². The minimum absolute atomic E-state index is 0.210. The molecule has 0 unspecified atom stereocenters. The highest BCUT2D eigenvalue weighted by Crippen LogP contribution is 2.32. The van der Waals surface area contributed by atoms with E-state index < -0.39 is 12.0 Å². The van der Waals surface area contributed by atoms with Gasteiger partial charge in [0.15, 0.2) is 5.76 Å². The summed E-state index contributed by atoms with van der Waals surface area (Å²) in [6.45, 7) is 0. The van der Waals surface area contributed by atoms with E-state index in [9.17, 15) is 9.90 Å². The van der Waals surface area contributed by atoms with Crippen LogP contribution in [-0.4, -0.2) is 27.4 Å². The zero-order chi connectivity index (χ0) is 13.1. The van der Waals surface area contributed by atoms with E-state index in [1.807, 2.05) is 16.8 Å². The maximum atomic E-state index is 10.6. The fourth-order valence-corrected chi connectivity index (χ4v) is 2.21. The van der Waals surface area contributed by atoms with Gasteiger partial charge in [-0.05, 0) is 29.4 Å². The predicted molar refractivity (Wildman–Crippen MR) is 65.4 cm³/mol. The fraction of sp³-hybridized carbons (Fsp3) is 0.273. The number of hydrogen-bond acceptors (Lipinski definition) is 6. The first-order valence-corrected chi connectivity index (χ1v) is 6.22. The van der Waals surface area contributed by atoms with Crippen molar-refractivity contribution in [3.05, 3.63) is 22.4 Å². The monoisotopic (exact) mass is 268 g/mol. The van der Waals surface area contributed by atoms with Gasteiger partial charge >= 0.3 is 5.97 Å². The van der Waals surface area contributed by atoms with Gasteiger partial charge in [0.1, 0.15) is 6.04 Å². The fourth-order valence-electron chi connectivity index (χ4n) is 1.57. The van der Waals surface area contributed by atoms with E-state index in [2.05, 4.69) is 5.16 Å². The summed E-state index contributed by atoms with van der Waals surface area (Å²) < 4.78 is 5.05. The second-order valence-electron chi connectivity index (χ2n) is 3.81. The van der Waals surface area contributed by atoms with Crippen LogP contribution in [0.5, 0.6) is 5.88 Å². The van der Waals surface area contributed by atoms with Crippen molar-refractivity contribution in [2.24, 2.45) is 5.73 Å². The van der Waals surface area contributed by atoms with Crippen LogP contribution in [0.4, 0.5) is 0 Å². The van der Waals surface area contributed by atoms with Crippen molar-refractivity contribution in [2.45, 2.75) is 18.9 Å². The zero-order valence-corrected chi connectivity index (χ0v) is 10.2. The van der Waals surface area contributed by atoms with E-state index in [1.54, 1.807) is 0 Å². The van der Waals surface area contributed by atoms with Crippen molar-refractivity contribution in [2.75, 3.05) is 0 Å². The zero-order valence-electron chi connectivity index (χ0n) is 9.37. The quantitative estimate of drug-likeness (QED) is 0.757. The minimum Gasteiger partial charge on any atom is -0.491 e. The molecule has 2 aromatic heterocycles. The number of aromatic nitrogens is 1. The van der Waals surface area contributed by atoms with E-state index >= 15 is 0 Å². The number of aliphatic carboxylic acids is 1. The largest absolute Gasteiger partial charge is 0.491 e. The minimum atomic E-state index is -1.07. The lowest BCUT2D eigenvalue weighted by Gasteiger charge is -2.05. The molecule has 6 nitrogen and oxygen atoms in total. The molecule has 0 fully saturated rings. The van der Waals surface area contributed by atoms with Crippen molar-refractivity contribution in [1.82, 2.24) is 5.16 Å². The molecule has 2 aromatic rings. The first kappa shape index (κ1) is 12.6. The van der Waals surface area contributed by atoms with Crippen molar-refractivity contribution in [3.63, 3.8) is 0 Å². The van der Waals surface area contributed by atoms with Gasteiger partial charge < -0.3 is 20.5 Å². The highest BCUT2D eigenvalue weighted by atomic mass is 32.1. The number of hydrogen-bond donors (Lipinski definition) is 3. The lowest BCUT2D eigenvalue weighted by atomic mass is 10.0. The Morgan fingerprint density at radius 2 is 2.39 bits per heavy atom. The second kappa shape index (κ2) is 5.19. The Labute approximate surface area is 107 Å². The van der Waals surface area contributed by atoms with Crippen molar-refractivity contribution in [1.29, 1.82) is 0 Å². The van der Waals surface area contributed by atoms with E-state index in [4.69, 9.17) is 15.4 Å². The predicted octanol–water partition coefficient (Wildman–Crippen LogP) is 1.45. The molecule has 0 aliphatic heterocycles. The van der Waals surface area contributed by atoms with Gasteiger partial charge in [0.05, 0.1) is 5.56 Å². The van der Waals surface area contributed by atoms with E-state index in [1.165, 1.54) is 11.3 Å². The molecule has 18 heavy (non-hydrogen) atoms. The molecule has 0 bridgehead atoms. The molecule has 0 radical (unpaired) electrons. The maximum Gasteiger partial charge on any atom is 0.320 e. The third-order valence-corrected chi connectivity index (χ3v) is 3.26. The Balaban J connectivity index is 2.18. The summed E-state index contributed by atoms with van der Waals surface area (Å²) >= 11 is 1.49. The Morgan fingerprint density at radius 3 is 3.00 bits per heavy atom. The molecule has 96 valence electrons. The van der Waals surface area contributed by atoms with Crippen molar-refractivity contribution in [3.8, 4) is 17.2 Å². The second-order valence-corrected chi connectivity index (χ2v) is 4.59. The van der Waals surface area contributed by atoms with Crippen LogP contribution in [0.15, 0.2) is 21.3 Å². The lowest BCUT2D eigenvalue weighted by Crippen LogP contribution is -2.30. The van der Waals surface area contributed by atoms with Gasteiger partial charge in [-0.15, -0.1) is 0 Å². The molecule has 0 amide bonds. The van der Waals surface area contributed by atoms with E-state index in [-0.39, 0.29) is 12.3 Å². The molecule has 0 aliphatic carbocycles. The molecular formula is C11H12N2O4S. The number of carboxylic acids is 1. The van der Waals surface area contributed by atoms with Crippen LogP contribution in [-0.2, 0) is 11.2 Å². The standard InChI is InChI=1S/C11H12N2O4S/c12-8(11(15)16)2-1-7-9(17-13-10(7)14)6-3-4-18-5-6/h3-5,8H,1-2,12H2,(H,13,14)(H,15,16)/t8-/m0/s1. The Hall–Kier alpha value is -1.86. The normalized spacial score (nSPS) is 12.5. The van der Waals surface area contributed by atoms with E-state index in [0.717, 1.165) is 5.56 Å². The molecule has 2 heterocycles. The molecule has 0 saturated carbocycles. The van der Waals surface area contributed by atoms with Gasteiger partial charge in [0.25, 0.3) is 5.88 Å². The maximum absolute atomic E-state index is 10.6. The number of carbonyl (C=O) groups is 1. The smallest absolute Gasteiger partial charge is 0.320 e. The lowest BCUT2D eigenvalue weighted by molar-refractivity contribution is -0.138. The van der Waals surface area contributed by atoms with Crippen LogP contribution in [0.1, 0.15) is 12.0 Å². The van der Waals surface area contributed by atoms with Crippen LogP contribution in [0.2, 0.25) is 0 Å². The highest BCUT2D eigenvalue weighted by Gasteiger charge is 2.20. The van der Waals surface area contributed by atoms with E-state index in [0.29, 0.717) is 17.7 Å². The molecule has 1 atom stereocenters.